The monoisotopic (exact) mass is 563 g/mol. The van der Waals surface area contributed by atoms with Crippen LogP contribution in [0.4, 0.5) is 17.6 Å². The molecule has 1 saturated heterocycles. The van der Waals surface area contributed by atoms with Gasteiger partial charge in [-0.2, -0.15) is 18.4 Å². The number of halogens is 6. The smallest absolute Gasteiger partial charge is 0.336 e. The van der Waals surface area contributed by atoms with Gasteiger partial charge in [-0.25, -0.2) is 4.39 Å². The third-order valence-electron chi connectivity index (χ3n) is 6.88. The minimum absolute atomic E-state index is 0.162. The molecule has 1 fully saturated rings. The molecular formula is C28H23Cl2F4N3O. The number of nitrogens with zero attached hydrogens (tertiary/aromatic N) is 3. The summed E-state index contributed by atoms with van der Waals surface area (Å²) in [5, 5.41) is 9.95. The second-order valence-electron chi connectivity index (χ2n) is 9.43. The fourth-order valence-electron chi connectivity index (χ4n) is 4.87. The van der Waals surface area contributed by atoms with Gasteiger partial charge in [0, 0.05) is 37.2 Å². The zero-order valence-electron chi connectivity index (χ0n) is 20.5. The highest BCUT2D eigenvalue weighted by Crippen LogP contribution is 2.36. The Kier molecular flexibility index (Phi) is 8.03. The lowest BCUT2D eigenvalue weighted by Gasteiger charge is -2.29. The summed E-state index contributed by atoms with van der Waals surface area (Å²) in [5.41, 5.74) is 1.53. The number of amides is 1. The van der Waals surface area contributed by atoms with Crippen LogP contribution in [0.1, 0.15) is 44.1 Å². The molecule has 0 aromatic heterocycles. The molecule has 1 aliphatic heterocycles. The van der Waals surface area contributed by atoms with Gasteiger partial charge < -0.3 is 4.90 Å². The molecule has 38 heavy (non-hydrogen) atoms. The van der Waals surface area contributed by atoms with Gasteiger partial charge in [-0.15, -0.1) is 0 Å². The number of hydrogen-bond donors (Lipinski definition) is 0. The first kappa shape index (κ1) is 27.9. The van der Waals surface area contributed by atoms with Crippen molar-refractivity contribution in [3.8, 4) is 6.07 Å². The Morgan fingerprint density at radius 3 is 2.42 bits per heavy atom. The van der Waals surface area contributed by atoms with Crippen molar-refractivity contribution < 1.29 is 22.4 Å². The number of carbonyl (C=O) groups excluding carboxylic acids is 1. The number of rotatable bonds is 5. The van der Waals surface area contributed by atoms with Crippen molar-refractivity contribution in [2.75, 3.05) is 20.1 Å². The van der Waals surface area contributed by atoms with E-state index in [0.29, 0.717) is 45.4 Å². The van der Waals surface area contributed by atoms with Crippen LogP contribution in [-0.2, 0) is 12.7 Å². The predicted octanol–water partition coefficient (Wildman–Crippen LogP) is 7.07. The molecule has 1 amide bonds. The molecule has 4 nitrogen and oxygen atoms in total. The summed E-state index contributed by atoms with van der Waals surface area (Å²) in [4.78, 5) is 17.0. The standard InChI is InChI=1S/C28H23Cl2F4N3O/c1-16-9-19(4-5-20(16)12-35)27(38)37-14-21(18-6-8-23(29)24(30)11-18)26(15-37)36(2)13-17-3-7-22(25(31)10-17)28(32,33)34/h3-11,21,26H,13-15H2,1-2H3/t21-,26?/m1/s1. The molecule has 0 aliphatic carbocycles. The van der Waals surface area contributed by atoms with Crippen LogP contribution in [0.5, 0.6) is 0 Å². The third kappa shape index (κ3) is 5.80. The van der Waals surface area contributed by atoms with Crippen LogP contribution in [0.2, 0.25) is 10.0 Å². The number of nitriles is 1. The van der Waals surface area contributed by atoms with E-state index in [1.165, 1.54) is 6.07 Å². The van der Waals surface area contributed by atoms with Crippen molar-refractivity contribution in [3.63, 3.8) is 0 Å². The second kappa shape index (κ2) is 10.9. The van der Waals surface area contributed by atoms with Gasteiger partial charge in [-0.05, 0) is 73.1 Å². The minimum Gasteiger partial charge on any atom is -0.336 e. The Balaban J connectivity index is 1.62. The lowest BCUT2D eigenvalue weighted by Crippen LogP contribution is -2.38. The maximum Gasteiger partial charge on any atom is 0.419 e. The zero-order chi connectivity index (χ0) is 27.8. The first-order valence-corrected chi connectivity index (χ1v) is 12.5. The molecule has 3 aromatic rings. The average Bonchev–Trinajstić information content (AvgIpc) is 3.30. The number of alkyl halides is 3. The Morgan fingerprint density at radius 2 is 1.82 bits per heavy atom. The third-order valence-corrected chi connectivity index (χ3v) is 7.62. The summed E-state index contributed by atoms with van der Waals surface area (Å²) in [6.07, 6.45) is -4.77. The number of hydrogen-bond acceptors (Lipinski definition) is 3. The van der Waals surface area contributed by atoms with Crippen molar-refractivity contribution in [2.24, 2.45) is 0 Å². The highest BCUT2D eigenvalue weighted by Gasteiger charge is 2.39. The summed E-state index contributed by atoms with van der Waals surface area (Å²) >= 11 is 12.4. The summed E-state index contributed by atoms with van der Waals surface area (Å²) in [5.74, 6) is -1.74. The van der Waals surface area contributed by atoms with Crippen LogP contribution >= 0.6 is 23.2 Å². The first-order chi connectivity index (χ1) is 17.9. The summed E-state index contributed by atoms with van der Waals surface area (Å²) in [7, 11) is 1.78. The van der Waals surface area contributed by atoms with Gasteiger partial charge in [0.2, 0.25) is 0 Å². The Labute approximate surface area is 228 Å². The molecule has 1 heterocycles. The summed E-state index contributed by atoms with van der Waals surface area (Å²) in [6, 6.07) is 14.9. The maximum absolute atomic E-state index is 14.2. The molecule has 198 valence electrons. The van der Waals surface area contributed by atoms with Crippen molar-refractivity contribution in [1.82, 2.24) is 9.80 Å². The van der Waals surface area contributed by atoms with E-state index >= 15 is 0 Å². The number of likely N-dealkylation sites (tertiary alicyclic amines) is 1. The number of aryl methyl sites for hydroxylation is 1. The van der Waals surface area contributed by atoms with E-state index in [1.807, 2.05) is 11.0 Å². The van der Waals surface area contributed by atoms with Crippen LogP contribution in [-0.4, -0.2) is 41.9 Å². The van der Waals surface area contributed by atoms with E-state index in [1.54, 1.807) is 49.2 Å². The first-order valence-electron chi connectivity index (χ1n) is 11.7. The van der Waals surface area contributed by atoms with Gasteiger partial charge in [0.1, 0.15) is 5.82 Å². The summed E-state index contributed by atoms with van der Waals surface area (Å²) in [6.45, 7) is 2.60. The van der Waals surface area contributed by atoms with Crippen molar-refractivity contribution in [3.05, 3.63) is 104 Å². The Hall–Kier alpha value is -3.12. The van der Waals surface area contributed by atoms with Gasteiger partial charge in [-0.1, -0.05) is 35.3 Å². The molecule has 1 unspecified atom stereocenters. The number of likely N-dealkylation sites (N-methyl/N-ethyl adjacent to an activating group) is 1. The normalized spacial score (nSPS) is 17.6. The fourth-order valence-corrected chi connectivity index (χ4v) is 5.17. The SMILES string of the molecule is Cc1cc(C(=O)N2CC(N(C)Cc3ccc(C(F)(F)F)c(F)c3)[C@@H](c3ccc(Cl)c(Cl)c3)C2)ccc1C#N. The van der Waals surface area contributed by atoms with Crippen LogP contribution in [0.25, 0.3) is 0 Å². The van der Waals surface area contributed by atoms with Crippen LogP contribution in [0, 0.1) is 24.1 Å². The lowest BCUT2D eigenvalue weighted by atomic mass is 9.93. The number of carbonyl (C=O) groups is 1. The lowest BCUT2D eigenvalue weighted by molar-refractivity contribution is -0.140. The molecular weight excluding hydrogens is 541 g/mol. The molecule has 0 spiro atoms. The number of benzene rings is 3. The fraction of sp³-hybridized carbons (Fsp3) is 0.286. The maximum atomic E-state index is 14.2. The van der Waals surface area contributed by atoms with E-state index in [-0.39, 0.29) is 24.4 Å². The van der Waals surface area contributed by atoms with Crippen molar-refractivity contribution in [2.45, 2.75) is 31.6 Å². The Morgan fingerprint density at radius 1 is 1.08 bits per heavy atom. The van der Waals surface area contributed by atoms with Crippen molar-refractivity contribution >= 4 is 29.1 Å². The minimum atomic E-state index is -4.77. The highest BCUT2D eigenvalue weighted by atomic mass is 35.5. The van der Waals surface area contributed by atoms with E-state index in [4.69, 9.17) is 23.2 Å². The molecule has 1 aliphatic rings. The molecule has 0 saturated carbocycles. The van der Waals surface area contributed by atoms with E-state index in [0.717, 1.165) is 17.7 Å². The molecule has 10 heteroatoms. The molecule has 3 aromatic carbocycles. The van der Waals surface area contributed by atoms with Crippen LogP contribution < -0.4 is 0 Å². The van der Waals surface area contributed by atoms with Gasteiger partial charge in [0.05, 0.1) is 27.2 Å². The van der Waals surface area contributed by atoms with E-state index in [9.17, 15) is 27.6 Å². The highest BCUT2D eigenvalue weighted by molar-refractivity contribution is 6.42. The van der Waals surface area contributed by atoms with Gasteiger partial charge in [0.15, 0.2) is 0 Å². The molecule has 0 N–H and O–H groups in total. The van der Waals surface area contributed by atoms with E-state index in [2.05, 4.69) is 6.07 Å². The predicted molar refractivity (Wildman–Crippen MR) is 138 cm³/mol. The largest absolute Gasteiger partial charge is 0.419 e. The molecule has 0 radical (unpaired) electrons. The molecule has 4 rings (SSSR count). The van der Waals surface area contributed by atoms with Gasteiger partial charge in [-0.3, -0.25) is 9.69 Å². The van der Waals surface area contributed by atoms with Crippen molar-refractivity contribution in [1.29, 1.82) is 5.26 Å². The van der Waals surface area contributed by atoms with Gasteiger partial charge in [0.25, 0.3) is 5.91 Å². The molecule has 2 atom stereocenters. The van der Waals surface area contributed by atoms with Gasteiger partial charge >= 0.3 is 6.18 Å². The Bertz CT molecular complexity index is 1420. The topological polar surface area (TPSA) is 47.3 Å². The quantitative estimate of drug-likeness (QED) is 0.312. The zero-order valence-corrected chi connectivity index (χ0v) is 22.0. The molecule has 0 bridgehead atoms. The van der Waals surface area contributed by atoms with Crippen LogP contribution in [0.15, 0.2) is 54.6 Å². The second-order valence-corrected chi connectivity index (χ2v) is 10.2. The van der Waals surface area contributed by atoms with E-state index < -0.39 is 17.6 Å². The summed E-state index contributed by atoms with van der Waals surface area (Å²) < 4.78 is 53.2. The van der Waals surface area contributed by atoms with Crippen LogP contribution in [0.3, 0.4) is 0 Å². The average molecular weight is 564 g/mol.